The molecule has 2 amide bonds. The number of aromatic nitrogens is 2. The van der Waals surface area contributed by atoms with E-state index in [0.29, 0.717) is 23.6 Å². The monoisotopic (exact) mass is 547 g/mol. The van der Waals surface area contributed by atoms with Crippen molar-refractivity contribution in [3.8, 4) is 0 Å². The second kappa shape index (κ2) is 9.45. The van der Waals surface area contributed by atoms with Gasteiger partial charge in [0.1, 0.15) is 17.5 Å². The SMILES string of the molecule is O=C(Nc1cc(Nc2ccn[nH]2)cc2c1C(c1cc(F)ccc1Cl)NC2=O)c1cc(F)cc(C(F)(F)F)c1. The van der Waals surface area contributed by atoms with Crippen molar-refractivity contribution in [2.45, 2.75) is 12.2 Å². The van der Waals surface area contributed by atoms with Gasteiger partial charge in [-0.25, -0.2) is 8.78 Å². The molecule has 5 rings (SSSR count). The van der Waals surface area contributed by atoms with E-state index in [4.69, 9.17) is 11.6 Å². The lowest BCUT2D eigenvalue weighted by molar-refractivity contribution is -0.137. The van der Waals surface area contributed by atoms with Crippen LogP contribution >= 0.6 is 11.6 Å². The quantitative estimate of drug-likeness (QED) is 0.224. The minimum absolute atomic E-state index is 0.00369. The summed E-state index contributed by atoms with van der Waals surface area (Å²) >= 11 is 6.27. The first-order valence-electron chi connectivity index (χ1n) is 10.9. The van der Waals surface area contributed by atoms with Crippen LogP contribution in [0.15, 0.2) is 60.8 Å². The van der Waals surface area contributed by atoms with Gasteiger partial charge in [0.05, 0.1) is 17.8 Å². The highest BCUT2D eigenvalue weighted by atomic mass is 35.5. The highest BCUT2D eigenvalue weighted by Crippen LogP contribution is 2.41. The zero-order valence-electron chi connectivity index (χ0n) is 18.9. The number of carbonyl (C=O) groups is 2. The first-order valence-corrected chi connectivity index (χ1v) is 11.3. The Morgan fingerprint density at radius 1 is 1.00 bits per heavy atom. The molecule has 1 aliphatic rings. The van der Waals surface area contributed by atoms with Crippen LogP contribution in [0.25, 0.3) is 0 Å². The van der Waals surface area contributed by atoms with Crippen molar-refractivity contribution in [3.05, 3.63) is 105 Å². The molecule has 7 nitrogen and oxygen atoms in total. The van der Waals surface area contributed by atoms with E-state index in [1.54, 1.807) is 6.07 Å². The van der Waals surface area contributed by atoms with Gasteiger partial charge < -0.3 is 16.0 Å². The molecule has 0 spiro atoms. The highest BCUT2D eigenvalue weighted by molar-refractivity contribution is 6.31. The molecule has 0 radical (unpaired) electrons. The molecular weight excluding hydrogens is 533 g/mol. The number of nitrogens with one attached hydrogen (secondary N) is 4. The number of aromatic amines is 1. The van der Waals surface area contributed by atoms with E-state index in [0.717, 1.165) is 12.1 Å². The Labute approximate surface area is 216 Å². The van der Waals surface area contributed by atoms with Crippen molar-refractivity contribution < 1.29 is 31.5 Å². The molecular formula is C25H15ClF5N5O2. The van der Waals surface area contributed by atoms with Crippen LogP contribution in [0.2, 0.25) is 5.02 Å². The standard InChI is InChI=1S/C25H15ClF5N5O2/c26-18-2-1-13(27)8-16(18)22-21-17(24(38)35-22)9-15(33-20-3-4-32-36-20)10-19(21)34-23(37)11-5-12(25(29,30)31)7-14(28)6-11/h1-10,22H,(H,34,37)(H,35,38)(H2,32,33,36). The van der Waals surface area contributed by atoms with Crippen molar-refractivity contribution in [1.82, 2.24) is 15.5 Å². The third-order valence-electron chi connectivity index (χ3n) is 5.77. The van der Waals surface area contributed by atoms with Gasteiger partial charge in [-0.2, -0.15) is 18.3 Å². The summed E-state index contributed by atoms with van der Waals surface area (Å²) in [6.07, 6.45) is -3.42. The van der Waals surface area contributed by atoms with Gasteiger partial charge in [-0.15, -0.1) is 0 Å². The fourth-order valence-electron chi connectivity index (χ4n) is 4.14. The van der Waals surface area contributed by atoms with Crippen LogP contribution in [0, 0.1) is 11.6 Å². The maximum atomic E-state index is 14.1. The maximum absolute atomic E-state index is 14.1. The Balaban J connectivity index is 1.61. The number of carbonyl (C=O) groups excluding carboxylic acids is 2. The van der Waals surface area contributed by atoms with E-state index in [1.165, 1.54) is 24.4 Å². The molecule has 1 aliphatic heterocycles. The van der Waals surface area contributed by atoms with E-state index in [1.807, 2.05) is 0 Å². The van der Waals surface area contributed by atoms with Gasteiger partial charge in [0.2, 0.25) is 0 Å². The summed E-state index contributed by atoms with van der Waals surface area (Å²) in [7, 11) is 0. The van der Waals surface area contributed by atoms with E-state index in [9.17, 15) is 31.5 Å². The van der Waals surface area contributed by atoms with Crippen molar-refractivity contribution >= 4 is 40.6 Å². The molecule has 38 heavy (non-hydrogen) atoms. The van der Waals surface area contributed by atoms with Crippen molar-refractivity contribution in [2.24, 2.45) is 0 Å². The van der Waals surface area contributed by atoms with E-state index in [-0.39, 0.29) is 33.5 Å². The Morgan fingerprint density at radius 3 is 2.50 bits per heavy atom. The van der Waals surface area contributed by atoms with E-state index < -0.39 is 46.8 Å². The van der Waals surface area contributed by atoms with Gasteiger partial charge in [0.25, 0.3) is 11.8 Å². The van der Waals surface area contributed by atoms with Gasteiger partial charge >= 0.3 is 6.18 Å². The summed E-state index contributed by atoms with van der Waals surface area (Å²) in [6, 6.07) is 8.46. The van der Waals surface area contributed by atoms with E-state index >= 15 is 0 Å². The van der Waals surface area contributed by atoms with E-state index in [2.05, 4.69) is 26.1 Å². The van der Waals surface area contributed by atoms with Crippen LogP contribution in [0.4, 0.5) is 39.1 Å². The second-order valence-electron chi connectivity index (χ2n) is 8.33. The topological polar surface area (TPSA) is 98.9 Å². The second-order valence-corrected chi connectivity index (χ2v) is 8.74. The first-order chi connectivity index (χ1) is 18.0. The Bertz CT molecular complexity index is 1570. The molecule has 0 fully saturated rings. The van der Waals surface area contributed by atoms with Gasteiger partial charge in [0, 0.05) is 44.7 Å². The molecule has 0 bridgehead atoms. The number of benzene rings is 3. The maximum Gasteiger partial charge on any atom is 0.416 e. The zero-order valence-corrected chi connectivity index (χ0v) is 19.6. The summed E-state index contributed by atoms with van der Waals surface area (Å²) in [5.74, 6) is -3.09. The van der Waals surface area contributed by atoms with Crippen LogP contribution in [-0.2, 0) is 6.18 Å². The van der Waals surface area contributed by atoms with Crippen molar-refractivity contribution in [3.63, 3.8) is 0 Å². The zero-order chi connectivity index (χ0) is 27.2. The Hall–Kier alpha value is -4.45. The van der Waals surface area contributed by atoms with Crippen LogP contribution in [-0.4, -0.2) is 22.0 Å². The van der Waals surface area contributed by atoms with Gasteiger partial charge in [-0.3, -0.25) is 14.7 Å². The number of amides is 2. The molecule has 1 atom stereocenters. The number of rotatable bonds is 5. The summed E-state index contributed by atoms with van der Waals surface area (Å²) < 4.78 is 67.6. The number of hydrogen-bond donors (Lipinski definition) is 4. The minimum atomic E-state index is -4.89. The largest absolute Gasteiger partial charge is 0.416 e. The number of hydrogen-bond acceptors (Lipinski definition) is 4. The molecule has 0 saturated heterocycles. The third-order valence-corrected chi connectivity index (χ3v) is 6.12. The summed E-state index contributed by atoms with van der Waals surface area (Å²) in [4.78, 5) is 26.0. The average Bonchev–Trinajstić information content (AvgIpc) is 3.47. The van der Waals surface area contributed by atoms with Crippen LogP contribution in [0.5, 0.6) is 0 Å². The molecule has 1 aromatic heterocycles. The van der Waals surface area contributed by atoms with Gasteiger partial charge in [-0.05, 0) is 48.5 Å². The summed E-state index contributed by atoms with van der Waals surface area (Å²) in [5.41, 5.74) is -1.17. The lowest BCUT2D eigenvalue weighted by Gasteiger charge is -2.19. The first kappa shape index (κ1) is 25.2. The molecule has 194 valence electrons. The summed E-state index contributed by atoms with van der Waals surface area (Å²) in [6.45, 7) is 0. The lowest BCUT2D eigenvalue weighted by Crippen LogP contribution is -2.21. The lowest BCUT2D eigenvalue weighted by atomic mass is 9.95. The average molecular weight is 548 g/mol. The van der Waals surface area contributed by atoms with Gasteiger partial charge in [-0.1, -0.05) is 11.6 Å². The minimum Gasteiger partial charge on any atom is -0.341 e. The van der Waals surface area contributed by atoms with Crippen molar-refractivity contribution in [1.29, 1.82) is 0 Å². The number of fused-ring (bicyclic) bond motifs is 1. The predicted octanol–water partition coefficient (Wildman–Crippen LogP) is 6.19. The fourth-order valence-corrected chi connectivity index (χ4v) is 4.36. The molecule has 3 aromatic carbocycles. The number of halogens is 6. The number of anilines is 3. The molecule has 4 aromatic rings. The highest BCUT2D eigenvalue weighted by Gasteiger charge is 2.36. The van der Waals surface area contributed by atoms with Crippen molar-refractivity contribution in [2.75, 3.05) is 10.6 Å². The predicted molar refractivity (Wildman–Crippen MR) is 128 cm³/mol. The van der Waals surface area contributed by atoms with Crippen LogP contribution in [0.1, 0.15) is 43.4 Å². The molecule has 2 heterocycles. The van der Waals surface area contributed by atoms with Crippen LogP contribution < -0.4 is 16.0 Å². The molecule has 0 aliphatic carbocycles. The number of alkyl halides is 3. The smallest absolute Gasteiger partial charge is 0.341 e. The molecule has 1 unspecified atom stereocenters. The molecule has 4 N–H and O–H groups in total. The molecule has 0 saturated carbocycles. The number of nitrogens with zero attached hydrogens (tertiary/aromatic N) is 1. The third kappa shape index (κ3) is 4.90. The Kier molecular flexibility index (Phi) is 6.27. The fraction of sp³-hybridized carbons (Fsp3) is 0.0800. The van der Waals surface area contributed by atoms with Gasteiger partial charge in [0.15, 0.2) is 0 Å². The normalized spacial score (nSPS) is 14.7. The Morgan fingerprint density at radius 2 is 1.79 bits per heavy atom. The summed E-state index contributed by atoms with van der Waals surface area (Å²) in [5, 5.41) is 14.7. The van der Waals surface area contributed by atoms with Crippen LogP contribution in [0.3, 0.4) is 0 Å². The number of H-pyrrole nitrogens is 1. The molecule has 13 heteroatoms.